The van der Waals surface area contributed by atoms with Crippen LogP contribution in [0, 0.1) is 12.8 Å². The number of hydrogen-bond donors (Lipinski definition) is 1. The topological polar surface area (TPSA) is 97.9 Å². The molecule has 2 amide bonds. The molecule has 2 atom stereocenters. The molecule has 0 saturated carbocycles. The molecule has 0 spiro atoms. The molecule has 2 aromatic carbocycles. The lowest BCUT2D eigenvalue weighted by Crippen LogP contribution is -2.43. The van der Waals surface area contributed by atoms with Crippen LogP contribution in [0.15, 0.2) is 69.9 Å². The van der Waals surface area contributed by atoms with Gasteiger partial charge in [-0.25, -0.2) is 9.59 Å². The van der Waals surface area contributed by atoms with Crippen molar-refractivity contribution >= 4 is 45.0 Å². The standard InChI is InChI=1S/C34H41BrClN5O4/c1-7-22(2)30(28-20-27-29(36)23(3)38-41(27)33(44)40(28)21-24-12-9-8-10-13-24)39(31(42)25-14-16-26(35)17-15-25)19-11-18-37-32(43)45-34(4,5)6/h8-10,12-17,20,22,30H,7,11,18-19,21H2,1-6H3,(H,37,43)/t22-,30-/m0/s1. The van der Waals surface area contributed by atoms with Crippen molar-refractivity contribution in [1.29, 1.82) is 0 Å². The molecule has 0 bridgehead atoms. The molecular formula is C34H41BrClN5O4. The van der Waals surface area contributed by atoms with Crippen molar-refractivity contribution < 1.29 is 14.3 Å². The minimum atomic E-state index is -0.621. The van der Waals surface area contributed by atoms with E-state index < -0.39 is 17.7 Å². The van der Waals surface area contributed by atoms with Gasteiger partial charge in [0, 0.05) is 28.8 Å². The largest absolute Gasteiger partial charge is 0.444 e. The fourth-order valence-corrected chi connectivity index (χ4v) is 5.71. The summed E-state index contributed by atoms with van der Waals surface area (Å²) in [4.78, 5) is 42.6. The number of aryl methyl sites for hydroxylation is 1. The van der Waals surface area contributed by atoms with Gasteiger partial charge in [-0.15, -0.1) is 0 Å². The van der Waals surface area contributed by atoms with Crippen molar-refractivity contribution in [3.8, 4) is 0 Å². The number of halogens is 2. The van der Waals surface area contributed by atoms with Gasteiger partial charge in [-0.1, -0.05) is 78.1 Å². The van der Waals surface area contributed by atoms with Crippen molar-refractivity contribution in [1.82, 2.24) is 24.4 Å². The summed E-state index contributed by atoms with van der Waals surface area (Å²) in [5, 5.41) is 7.63. The van der Waals surface area contributed by atoms with Gasteiger partial charge in [-0.3, -0.25) is 9.36 Å². The van der Waals surface area contributed by atoms with E-state index in [-0.39, 0.29) is 24.1 Å². The molecular weight excluding hydrogens is 658 g/mol. The number of hydrogen-bond acceptors (Lipinski definition) is 5. The summed E-state index contributed by atoms with van der Waals surface area (Å²) in [5.74, 6) is -0.227. The van der Waals surface area contributed by atoms with Crippen LogP contribution in [-0.2, 0) is 11.3 Å². The fraction of sp³-hybridized carbons (Fsp3) is 0.412. The molecule has 9 nitrogen and oxygen atoms in total. The molecule has 0 fully saturated rings. The van der Waals surface area contributed by atoms with E-state index in [9.17, 15) is 14.4 Å². The molecule has 0 aliphatic carbocycles. The minimum absolute atomic E-state index is 0.0464. The third kappa shape index (κ3) is 8.35. The molecule has 11 heteroatoms. The summed E-state index contributed by atoms with van der Waals surface area (Å²) in [6.45, 7) is 12.2. The first kappa shape index (κ1) is 34.2. The average Bonchev–Trinajstić information content (AvgIpc) is 3.28. The number of fused-ring (bicyclic) bond motifs is 1. The number of aromatic nitrogens is 3. The van der Waals surface area contributed by atoms with E-state index in [4.69, 9.17) is 16.3 Å². The maximum Gasteiger partial charge on any atom is 0.407 e. The Morgan fingerprint density at radius 3 is 2.40 bits per heavy atom. The molecule has 0 radical (unpaired) electrons. The zero-order valence-electron chi connectivity index (χ0n) is 26.6. The first-order valence-electron chi connectivity index (χ1n) is 15.2. The first-order chi connectivity index (χ1) is 21.3. The smallest absolute Gasteiger partial charge is 0.407 e. The molecule has 2 aromatic heterocycles. The Morgan fingerprint density at radius 1 is 1.11 bits per heavy atom. The molecule has 0 saturated heterocycles. The van der Waals surface area contributed by atoms with Crippen molar-refractivity contribution in [3.63, 3.8) is 0 Å². The van der Waals surface area contributed by atoms with Crippen LogP contribution in [0.5, 0.6) is 0 Å². The monoisotopic (exact) mass is 697 g/mol. The zero-order chi connectivity index (χ0) is 32.9. The summed E-state index contributed by atoms with van der Waals surface area (Å²) in [7, 11) is 0. The molecule has 0 unspecified atom stereocenters. The van der Waals surface area contributed by atoms with Gasteiger partial charge in [-0.05, 0) is 75.9 Å². The number of alkyl carbamates (subject to hydrolysis) is 1. The summed E-state index contributed by atoms with van der Waals surface area (Å²) in [6.07, 6.45) is 0.688. The molecule has 0 aliphatic rings. The van der Waals surface area contributed by atoms with Crippen molar-refractivity contribution in [2.75, 3.05) is 13.1 Å². The molecule has 0 aliphatic heterocycles. The summed E-state index contributed by atoms with van der Waals surface area (Å²) >= 11 is 10.1. The van der Waals surface area contributed by atoms with E-state index in [1.54, 1.807) is 23.6 Å². The van der Waals surface area contributed by atoms with E-state index in [0.717, 1.165) is 16.5 Å². The van der Waals surface area contributed by atoms with Crippen molar-refractivity contribution in [2.45, 2.75) is 72.6 Å². The molecule has 45 heavy (non-hydrogen) atoms. The van der Waals surface area contributed by atoms with Crippen LogP contribution in [0.3, 0.4) is 0 Å². The van der Waals surface area contributed by atoms with Crippen LogP contribution in [-0.4, -0.2) is 49.8 Å². The Hall–Kier alpha value is -3.63. The molecule has 4 aromatic rings. The highest BCUT2D eigenvalue weighted by atomic mass is 79.9. The highest BCUT2D eigenvalue weighted by molar-refractivity contribution is 9.10. The first-order valence-corrected chi connectivity index (χ1v) is 16.3. The minimum Gasteiger partial charge on any atom is -0.444 e. The van der Waals surface area contributed by atoms with E-state index in [2.05, 4.69) is 40.2 Å². The Kier molecular flexibility index (Phi) is 11.1. The lowest BCUT2D eigenvalue weighted by molar-refractivity contribution is 0.0518. The van der Waals surface area contributed by atoms with E-state index in [1.165, 1.54) is 4.52 Å². The van der Waals surface area contributed by atoms with Gasteiger partial charge in [0.25, 0.3) is 5.91 Å². The van der Waals surface area contributed by atoms with Gasteiger partial charge < -0.3 is 15.0 Å². The summed E-state index contributed by atoms with van der Waals surface area (Å²) in [6, 6.07) is 18.3. The second-order valence-corrected chi connectivity index (χ2v) is 13.5. The number of carbonyl (C=O) groups excluding carboxylic acids is 2. The van der Waals surface area contributed by atoms with Crippen LogP contribution in [0.4, 0.5) is 4.79 Å². The number of nitrogens with zero attached hydrogens (tertiary/aromatic N) is 4. The zero-order valence-corrected chi connectivity index (χ0v) is 29.0. The predicted molar refractivity (Wildman–Crippen MR) is 181 cm³/mol. The van der Waals surface area contributed by atoms with Crippen LogP contribution >= 0.6 is 27.5 Å². The molecule has 2 heterocycles. The lowest BCUT2D eigenvalue weighted by atomic mass is 9.92. The fourth-order valence-electron chi connectivity index (χ4n) is 5.27. The van der Waals surface area contributed by atoms with Crippen LogP contribution in [0.2, 0.25) is 5.02 Å². The highest BCUT2D eigenvalue weighted by Crippen LogP contribution is 2.34. The maximum absolute atomic E-state index is 14.4. The average molecular weight is 699 g/mol. The third-order valence-corrected chi connectivity index (χ3v) is 8.63. The van der Waals surface area contributed by atoms with Crippen LogP contribution in [0.25, 0.3) is 5.52 Å². The Bertz CT molecular complexity index is 1700. The Balaban J connectivity index is 1.83. The predicted octanol–water partition coefficient (Wildman–Crippen LogP) is 7.41. The number of ether oxygens (including phenoxy) is 1. The highest BCUT2D eigenvalue weighted by Gasteiger charge is 2.33. The normalized spacial score (nSPS) is 13.0. The Labute approximate surface area is 277 Å². The van der Waals surface area contributed by atoms with E-state index in [0.29, 0.717) is 47.0 Å². The van der Waals surface area contributed by atoms with Crippen molar-refractivity contribution in [2.24, 2.45) is 5.92 Å². The SMILES string of the molecule is CC[C@H](C)[C@@H](c1cc2c(Cl)c(C)nn2c(=O)n1Cc1ccccc1)N(CCCNC(=O)OC(C)(C)C)C(=O)c1ccc(Br)cc1. The number of nitrogens with one attached hydrogen (secondary N) is 1. The number of carbonyl (C=O) groups is 2. The number of rotatable bonds is 11. The Morgan fingerprint density at radius 2 is 1.78 bits per heavy atom. The molecule has 4 rings (SSSR count). The van der Waals surface area contributed by atoms with Crippen LogP contribution in [0.1, 0.15) is 80.8 Å². The van der Waals surface area contributed by atoms with Gasteiger partial charge in [-0.2, -0.15) is 9.61 Å². The number of benzene rings is 2. The summed E-state index contributed by atoms with van der Waals surface area (Å²) < 4.78 is 9.28. The van der Waals surface area contributed by atoms with Gasteiger partial charge in [0.05, 0.1) is 28.8 Å². The van der Waals surface area contributed by atoms with Gasteiger partial charge in [0.15, 0.2) is 0 Å². The maximum atomic E-state index is 14.4. The van der Waals surface area contributed by atoms with Crippen LogP contribution < -0.4 is 11.0 Å². The number of amides is 2. The molecule has 240 valence electrons. The summed E-state index contributed by atoms with van der Waals surface area (Å²) in [5.41, 5.74) is 2.20. The van der Waals surface area contributed by atoms with Gasteiger partial charge >= 0.3 is 11.8 Å². The van der Waals surface area contributed by atoms with Crippen molar-refractivity contribution in [3.05, 3.63) is 103 Å². The molecule has 1 N–H and O–H groups in total. The lowest BCUT2D eigenvalue weighted by Gasteiger charge is -2.37. The quantitative estimate of drug-likeness (QED) is 0.165. The van der Waals surface area contributed by atoms with Gasteiger partial charge in [0.2, 0.25) is 0 Å². The van der Waals surface area contributed by atoms with E-state index in [1.807, 2.05) is 74.2 Å². The third-order valence-electron chi connectivity index (χ3n) is 7.63. The van der Waals surface area contributed by atoms with E-state index >= 15 is 0 Å². The second kappa shape index (κ2) is 14.6. The second-order valence-electron chi connectivity index (χ2n) is 12.2. The van der Waals surface area contributed by atoms with Gasteiger partial charge in [0.1, 0.15) is 5.60 Å².